The predicted octanol–water partition coefficient (Wildman–Crippen LogP) is 4.97. The van der Waals surface area contributed by atoms with Gasteiger partial charge in [0.15, 0.2) is 0 Å². The number of halogens is 3. The third-order valence-electron chi connectivity index (χ3n) is 2.64. The molecule has 100 valence electrons. The summed E-state index contributed by atoms with van der Waals surface area (Å²) in [5, 5.41) is 3.28. The third kappa shape index (κ3) is 3.70. The van der Waals surface area contributed by atoms with E-state index in [4.69, 9.17) is 4.74 Å². The highest BCUT2D eigenvalue weighted by atomic mass is 79.9. The Hall–Kier alpha value is -1.07. The van der Waals surface area contributed by atoms with E-state index in [1.165, 1.54) is 12.1 Å². The maximum absolute atomic E-state index is 12.8. The summed E-state index contributed by atoms with van der Waals surface area (Å²) in [6, 6.07) is 10.2. The summed E-state index contributed by atoms with van der Waals surface area (Å²) in [4.78, 5) is 0. The molecule has 0 bridgehead atoms. The van der Waals surface area contributed by atoms with Gasteiger partial charge >= 0.3 is 0 Å². The molecule has 2 rings (SSSR count). The lowest BCUT2D eigenvalue weighted by atomic mass is 10.2. The minimum atomic E-state index is -0.227. The van der Waals surface area contributed by atoms with Gasteiger partial charge in [-0.15, -0.1) is 0 Å². The second-order valence-corrected chi connectivity index (χ2v) is 5.66. The van der Waals surface area contributed by atoms with Gasteiger partial charge in [-0.25, -0.2) is 4.39 Å². The fourth-order valence-corrected chi connectivity index (χ4v) is 2.92. The number of nitrogens with one attached hydrogen (secondary N) is 1. The lowest BCUT2D eigenvalue weighted by molar-refractivity contribution is 0.412. The highest BCUT2D eigenvalue weighted by Crippen LogP contribution is 2.34. The van der Waals surface area contributed by atoms with Gasteiger partial charge < -0.3 is 10.1 Å². The number of hydrogen-bond donors (Lipinski definition) is 1. The van der Waals surface area contributed by atoms with E-state index in [0.717, 1.165) is 25.9 Å². The summed E-state index contributed by atoms with van der Waals surface area (Å²) < 4.78 is 19.9. The molecule has 0 aliphatic heterocycles. The number of benzene rings is 2. The van der Waals surface area contributed by atoms with E-state index in [2.05, 4.69) is 37.2 Å². The minimum absolute atomic E-state index is 0.227. The van der Waals surface area contributed by atoms with E-state index in [9.17, 15) is 4.39 Å². The standard InChI is InChI=1S/C14H12Br2FNO/c1-19-14-7-13(11(15)6-12(14)16)18-8-9-2-4-10(17)5-3-9/h2-7,18H,8H2,1H3. The van der Waals surface area contributed by atoms with Crippen LogP contribution >= 0.6 is 31.9 Å². The zero-order chi connectivity index (χ0) is 13.8. The molecule has 0 fully saturated rings. The molecule has 0 amide bonds. The van der Waals surface area contributed by atoms with Crippen molar-refractivity contribution in [3.63, 3.8) is 0 Å². The van der Waals surface area contributed by atoms with E-state index in [1.807, 2.05) is 12.1 Å². The Bertz CT molecular complexity index is 572. The normalized spacial score (nSPS) is 10.3. The highest BCUT2D eigenvalue weighted by Gasteiger charge is 2.07. The van der Waals surface area contributed by atoms with Crippen LogP contribution in [0.5, 0.6) is 5.75 Å². The summed E-state index contributed by atoms with van der Waals surface area (Å²) in [5.74, 6) is 0.528. The molecule has 0 saturated heterocycles. The minimum Gasteiger partial charge on any atom is -0.495 e. The lowest BCUT2D eigenvalue weighted by Crippen LogP contribution is -2.00. The third-order valence-corrected chi connectivity index (χ3v) is 3.91. The monoisotopic (exact) mass is 387 g/mol. The first-order valence-electron chi connectivity index (χ1n) is 5.61. The number of rotatable bonds is 4. The zero-order valence-electron chi connectivity index (χ0n) is 10.2. The molecule has 2 aromatic carbocycles. The van der Waals surface area contributed by atoms with Gasteiger partial charge in [-0.05, 0) is 55.6 Å². The van der Waals surface area contributed by atoms with E-state index in [0.29, 0.717) is 6.54 Å². The molecule has 0 radical (unpaired) electrons. The van der Waals surface area contributed by atoms with Crippen molar-refractivity contribution in [2.24, 2.45) is 0 Å². The second kappa shape index (κ2) is 6.39. The van der Waals surface area contributed by atoms with Gasteiger partial charge in [0.1, 0.15) is 11.6 Å². The van der Waals surface area contributed by atoms with E-state index >= 15 is 0 Å². The van der Waals surface area contributed by atoms with Gasteiger partial charge in [0.2, 0.25) is 0 Å². The maximum atomic E-state index is 12.8. The van der Waals surface area contributed by atoms with Gasteiger partial charge in [-0.1, -0.05) is 12.1 Å². The fourth-order valence-electron chi connectivity index (χ4n) is 1.62. The van der Waals surface area contributed by atoms with E-state index < -0.39 is 0 Å². The molecule has 0 spiro atoms. The van der Waals surface area contributed by atoms with Crippen molar-refractivity contribution < 1.29 is 9.13 Å². The quantitative estimate of drug-likeness (QED) is 0.798. The Morgan fingerprint density at radius 3 is 2.42 bits per heavy atom. The molecular weight excluding hydrogens is 377 g/mol. The van der Waals surface area contributed by atoms with Crippen LogP contribution in [0.15, 0.2) is 45.3 Å². The van der Waals surface area contributed by atoms with Gasteiger partial charge in [-0.3, -0.25) is 0 Å². The van der Waals surface area contributed by atoms with Gasteiger partial charge in [0, 0.05) is 17.1 Å². The average molecular weight is 389 g/mol. The average Bonchev–Trinajstić information content (AvgIpc) is 2.40. The smallest absolute Gasteiger partial charge is 0.135 e. The second-order valence-electron chi connectivity index (χ2n) is 3.95. The van der Waals surface area contributed by atoms with Crippen LogP contribution in [-0.4, -0.2) is 7.11 Å². The van der Waals surface area contributed by atoms with Crippen LogP contribution in [0.25, 0.3) is 0 Å². The molecule has 0 unspecified atom stereocenters. The first-order chi connectivity index (χ1) is 9.10. The highest BCUT2D eigenvalue weighted by molar-refractivity contribution is 9.11. The SMILES string of the molecule is COc1cc(NCc2ccc(F)cc2)c(Br)cc1Br. The lowest BCUT2D eigenvalue weighted by Gasteiger charge is -2.12. The summed E-state index contributed by atoms with van der Waals surface area (Å²) >= 11 is 6.91. The van der Waals surface area contributed by atoms with Gasteiger partial charge in [0.05, 0.1) is 17.3 Å². The summed E-state index contributed by atoms with van der Waals surface area (Å²) in [6.45, 7) is 0.615. The molecule has 1 N–H and O–H groups in total. The van der Waals surface area contributed by atoms with Crippen molar-refractivity contribution in [2.45, 2.75) is 6.54 Å². The number of ether oxygens (including phenoxy) is 1. The van der Waals surface area contributed by atoms with Gasteiger partial charge in [-0.2, -0.15) is 0 Å². The molecule has 5 heteroatoms. The number of methoxy groups -OCH3 is 1. The largest absolute Gasteiger partial charge is 0.495 e. The molecule has 19 heavy (non-hydrogen) atoms. The van der Waals surface area contributed by atoms with E-state index in [-0.39, 0.29) is 5.82 Å². The van der Waals surface area contributed by atoms with Crippen molar-refractivity contribution in [3.8, 4) is 5.75 Å². The summed E-state index contributed by atoms with van der Waals surface area (Å²) in [6.07, 6.45) is 0. The molecule has 0 aliphatic rings. The Morgan fingerprint density at radius 2 is 1.79 bits per heavy atom. The van der Waals surface area contributed by atoms with Crippen molar-refractivity contribution in [1.82, 2.24) is 0 Å². The molecule has 0 aromatic heterocycles. The molecule has 0 aliphatic carbocycles. The van der Waals surface area contributed by atoms with Crippen molar-refractivity contribution in [2.75, 3.05) is 12.4 Å². The fraction of sp³-hybridized carbons (Fsp3) is 0.143. The van der Waals surface area contributed by atoms with E-state index in [1.54, 1.807) is 19.2 Å². The number of anilines is 1. The van der Waals surface area contributed by atoms with Crippen LogP contribution in [-0.2, 0) is 6.54 Å². The Labute approximate surface area is 128 Å². The first kappa shape index (κ1) is 14.3. The molecule has 2 aromatic rings. The molecule has 2 nitrogen and oxygen atoms in total. The Morgan fingerprint density at radius 1 is 1.11 bits per heavy atom. The van der Waals surface area contributed by atoms with Crippen molar-refractivity contribution >= 4 is 37.5 Å². The van der Waals surface area contributed by atoms with Crippen LogP contribution in [0, 0.1) is 5.82 Å². The van der Waals surface area contributed by atoms with Crippen LogP contribution in [0.4, 0.5) is 10.1 Å². The first-order valence-corrected chi connectivity index (χ1v) is 7.20. The molecule has 0 heterocycles. The maximum Gasteiger partial charge on any atom is 0.135 e. The summed E-state index contributed by atoms with van der Waals surface area (Å²) in [5.41, 5.74) is 1.93. The number of hydrogen-bond acceptors (Lipinski definition) is 2. The van der Waals surface area contributed by atoms with Crippen LogP contribution in [0.1, 0.15) is 5.56 Å². The molecule has 0 atom stereocenters. The predicted molar refractivity (Wildman–Crippen MR) is 82.1 cm³/mol. The van der Waals surface area contributed by atoms with Crippen molar-refractivity contribution in [3.05, 3.63) is 56.7 Å². The van der Waals surface area contributed by atoms with Crippen molar-refractivity contribution in [1.29, 1.82) is 0 Å². The topological polar surface area (TPSA) is 21.3 Å². The zero-order valence-corrected chi connectivity index (χ0v) is 13.4. The van der Waals surface area contributed by atoms with Crippen LogP contribution in [0.2, 0.25) is 0 Å². The summed E-state index contributed by atoms with van der Waals surface area (Å²) in [7, 11) is 1.62. The molecular formula is C14H12Br2FNO. The van der Waals surface area contributed by atoms with Crippen LogP contribution < -0.4 is 10.1 Å². The van der Waals surface area contributed by atoms with Crippen LogP contribution in [0.3, 0.4) is 0 Å². The van der Waals surface area contributed by atoms with Gasteiger partial charge in [0.25, 0.3) is 0 Å². The Kier molecular flexibility index (Phi) is 4.82. The Balaban J connectivity index is 2.13. The molecule has 0 saturated carbocycles.